The summed E-state index contributed by atoms with van der Waals surface area (Å²) in [7, 11) is 1.90. The van der Waals surface area contributed by atoms with Gasteiger partial charge in [0.1, 0.15) is 5.60 Å². The fraction of sp³-hybridized carbons (Fsp3) is 0.778. The summed E-state index contributed by atoms with van der Waals surface area (Å²) in [5.74, 6) is 1.30. The van der Waals surface area contributed by atoms with Crippen LogP contribution < -0.4 is 5.32 Å². The number of ether oxygens (including phenoxy) is 1. The zero-order valence-corrected chi connectivity index (χ0v) is 15.1. The second-order valence-corrected chi connectivity index (χ2v) is 7.59. The molecule has 2 fully saturated rings. The van der Waals surface area contributed by atoms with E-state index in [1.54, 1.807) is 4.68 Å². The van der Waals surface area contributed by atoms with Crippen LogP contribution in [-0.2, 0) is 22.2 Å². The molecular weight excluding hydrogens is 304 g/mol. The molecule has 0 radical (unpaired) electrons. The van der Waals surface area contributed by atoms with Crippen LogP contribution in [0.5, 0.6) is 0 Å². The van der Waals surface area contributed by atoms with E-state index in [0.29, 0.717) is 38.0 Å². The summed E-state index contributed by atoms with van der Waals surface area (Å²) in [5.41, 5.74) is 0.574. The van der Waals surface area contributed by atoms with Crippen molar-refractivity contribution in [1.29, 1.82) is 0 Å². The Labute approximate surface area is 144 Å². The summed E-state index contributed by atoms with van der Waals surface area (Å²) in [6.45, 7) is 8.30. The molecule has 3 heterocycles. The Morgan fingerprint density at radius 3 is 3.08 bits per heavy atom. The first-order chi connectivity index (χ1) is 11.5. The van der Waals surface area contributed by atoms with Gasteiger partial charge >= 0.3 is 0 Å². The number of nitrogens with one attached hydrogen (secondary N) is 1. The highest BCUT2D eigenvalue weighted by molar-refractivity contribution is 5.76. The van der Waals surface area contributed by atoms with E-state index in [2.05, 4.69) is 24.3 Å². The number of morpholine rings is 1. The monoisotopic (exact) mass is 334 g/mol. The number of carbonyl (C=O) groups excluding carboxylic acids is 1. The normalized spacial score (nSPS) is 29.5. The Balaban J connectivity index is 1.60. The minimum absolute atomic E-state index is 0.256. The maximum absolute atomic E-state index is 12.8. The smallest absolute Gasteiger partial charge is 0.223 e. The van der Waals surface area contributed by atoms with Crippen LogP contribution in [-0.4, -0.2) is 53.4 Å². The van der Waals surface area contributed by atoms with Crippen molar-refractivity contribution in [2.45, 2.75) is 38.7 Å². The van der Waals surface area contributed by atoms with Crippen molar-refractivity contribution < 1.29 is 9.53 Å². The molecular formula is C18H30N4O2. The van der Waals surface area contributed by atoms with E-state index in [0.717, 1.165) is 18.7 Å². The second kappa shape index (κ2) is 7.23. The van der Waals surface area contributed by atoms with Gasteiger partial charge < -0.3 is 15.0 Å². The van der Waals surface area contributed by atoms with E-state index in [4.69, 9.17) is 4.74 Å². The van der Waals surface area contributed by atoms with Crippen molar-refractivity contribution in [3.8, 4) is 0 Å². The van der Waals surface area contributed by atoms with Gasteiger partial charge in [-0.25, -0.2) is 0 Å². The van der Waals surface area contributed by atoms with Crippen molar-refractivity contribution in [3.63, 3.8) is 0 Å². The summed E-state index contributed by atoms with van der Waals surface area (Å²) in [6.07, 6.45) is 6.90. The first-order valence-electron chi connectivity index (χ1n) is 9.09. The quantitative estimate of drug-likeness (QED) is 0.907. The Hall–Kier alpha value is -1.40. The third kappa shape index (κ3) is 3.81. The fourth-order valence-electron chi connectivity index (χ4n) is 3.89. The number of hydrogen-bond donors (Lipinski definition) is 1. The van der Waals surface area contributed by atoms with E-state index in [9.17, 15) is 4.79 Å². The molecule has 0 spiro atoms. The highest BCUT2D eigenvalue weighted by Gasteiger charge is 2.37. The van der Waals surface area contributed by atoms with Gasteiger partial charge in [-0.05, 0) is 44.7 Å². The van der Waals surface area contributed by atoms with E-state index >= 15 is 0 Å². The Kier molecular flexibility index (Phi) is 5.25. The van der Waals surface area contributed by atoms with Crippen LogP contribution >= 0.6 is 0 Å². The summed E-state index contributed by atoms with van der Waals surface area (Å²) < 4.78 is 7.79. The molecule has 1 aromatic rings. The van der Waals surface area contributed by atoms with Gasteiger partial charge in [-0.1, -0.05) is 6.92 Å². The summed E-state index contributed by atoms with van der Waals surface area (Å²) in [5, 5.41) is 7.69. The molecule has 0 bridgehead atoms. The minimum atomic E-state index is -0.461. The zero-order valence-electron chi connectivity index (χ0n) is 15.1. The lowest BCUT2D eigenvalue weighted by atomic mass is 9.85. The Morgan fingerprint density at radius 2 is 2.42 bits per heavy atom. The van der Waals surface area contributed by atoms with Gasteiger partial charge in [0.15, 0.2) is 0 Å². The van der Waals surface area contributed by atoms with Gasteiger partial charge in [0, 0.05) is 31.8 Å². The average Bonchev–Trinajstić information content (AvgIpc) is 3.03. The lowest BCUT2D eigenvalue weighted by Crippen LogP contribution is -2.51. The molecule has 6 nitrogen and oxygen atoms in total. The largest absolute Gasteiger partial charge is 0.367 e. The van der Waals surface area contributed by atoms with Crippen molar-refractivity contribution in [3.05, 3.63) is 18.0 Å². The van der Waals surface area contributed by atoms with Crippen LogP contribution in [0, 0.1) is 11.8 Å². The number of nitrogens with zero attached hydrogens (tertiary/aromatic N) is 3. The highest BCUT2D eigenvalue weighted by atomic mass is 16.5. The van der Waals surface area contributed by atoms with Gasteiger partial charge in [0.25, 0.3) is 0 Å². The molecule has 0 saturated carbocycles. The SMILES string of the molecule is CC(CC(=O)N1CCOC(C)(c2cnn(C)c2)C1)C1CCCNC1. The van der Waals surface area contributed by atoms with Gasteiger partial charge in [-0.3, -0.25) is 9.48 Å². The maximum atomic E-state index is 12.8. The second-order valence-electron chi connectivity index (χ2n) is 7.59. The molecule has 0 aromatic carbocycles. The van der Waals surface area contributed by atoms with Crippen LogP contribution in [0.15, 0.2) is 12.4 Å². The Morgan fingerprint density at radius 1 is 1.58 bits per heavy atom. The van der Waals surface area contributed by atoms with Gasteiger partial charge in [0.05, 0.1) is 19.3 Å². The third-order valence-electron chi connectivity index (χ3n) is 5.58. The lowest BCUT2D eigenvalue weighted by molar-refractivity contribution is -0.150. The molecule has 0 aliphatic carbocycles. The summed E-state index contributed by atoms with van der Waals surface area (Å²) in [6, 6.07) is 0. The molecule has 24 heavy (non-hydrogen) atoms. The van der Waals surface area contributed by atoms with Crippen molar-refractivity contribution in [2.75, 3.05) is 32.8 Å². The van der Waals surface area contributed by atoms with Crippen LogP contribution in [0.2, 0.25) is 0 Å². The van der Waals surface area contributed by atoms with Crippen LogP contribution in [0.25, 0.3) is 0 Å². The van der Waals surface area contributed by atoms with E-state index < -0.39 is 5.60 Å². The molecule has 3 atom stereocenters. The standard InChI is InChI=1S/C18H30N4O2/c1-14(15-5-4-6-19-10-15)9-17(23)22-7-8-24-18(2,13-22)16-11-20-21(3)12-16/h11-12,14-15,19H,4-10,13H2,1-3H3. The van der Waals surface area contributed by atoms with Crippen molar-refractivity contribution in [1.82, 2.24) is 20.0 Å². The highest BCUT2D eigenvalue weighted by Crippen LogP contribution is 2.30. The molecule has 1 aromatic heterocycles. The Bertz CT molecular complexity index is 567. The number of hydrogen-bond acceptors (Lipinski definition) is 4. The zero-order chi connectivity index (χ0) is 17.2. The first-order valence-corrected chi connectivity index (χ1v) is 9.09. The van der Waals surface area contributed by atoms with Crippen molar-refractivity contribution in [2.24, 2.45) is 18.9 Å². The van der Waals surface area contributed by atoms with Gasteiger partial charge in [0.2, 0.25) is 5.91 Å². The predicted octanol–water partition coefficient (Wildman–Crippen LogP) is 1.52. The van der Waals surface area contributed by atoms with Crippen LogP contribution in [0.4, 0.5) is 0 Å². The number of piperidine rings is 1. The molecule has 2 aliphatic heterocycles. The molecule has 1 amide bonds. The summed E-state index contributed by atoms with van der Waals surface area (Å²) >= 11 is 0. The summed E-state index contributed by atoms with van der Waals surface area (Å²) in [4.78, 5) is 14.8. The van der Waals surface area contributed by atoms with E-state index in [-0.39, 0.29) is 5.91 Å². The number of carbonyl (C=O) groups is 1. The van der Waals surface area contributed by atoms with Crippen LogP contribution in [0.1, 0.15) is 38.7 Å². The molecule has 3 rings (SSSR count). The van der Waals surface area contributed by atoms with Gasteiger partial charge in [-0.2, -0.15) is 5.10 Å². The van der Waals surface area contributed by atoms with Crippen molar-refractivity contribution >= 4 is 5.91 Å². The minimum Gasteiger partial charge on any atom is -0.367 e. The number of aromatic nitrogens is 2. The molecule has 6 heteroatoms. The maximum Gasteiger partial charge on any atom is 0.223 e. The predicted molar refractivity (Wildman–Crippen MR) is 92.5 cm³/mol. The van der Waals surface area contributed by atoms with E-state index in [1.165, 1.54) is 12.8 Å². The van der Waals surface area contributed by atoms with Crippen LogP contribution in [0.3, 0.4) is 0 Å². The molecule has 3 unspecified atom stereocenters. The number of amides is 1. The fourth-order valence-corrected chi connectivity index (χ4v) is 3.89. The first kappa shape index (κ1) is 17.4. The molecule has 2 aliphatic rings. The lowest BCUT2D eigenvalue weighted by Gasteiger charge is -2.40. The molecule has 1 N–H and O–H groups in total. The number of aryl methyl sites for hydroxylation is 1. The van der Waals surface area contributed by atoms with Gasteiger partial charge in [-0.15, -0.1) is 0 Å². The van der Waals surface area contributed by atoms with E-state index in [1.807, 2.05) is 24.3 Å². The average molecular weight is 334 g/mol. The third-order valence-corrected chi connectivity index (χ3v) is 5.58. The molecule has 2 saturated heterocycles. The topological polar surface area (TPSA) is 59.4 Å². The number of rotatable bonds is 4. The molecule has 134 valence electrons.